The first kappa shape index (κ1) is 18.6. The van der Waals surface area contributed by atoms with Crippen molar-refractivity contribution in [1.82, 2.24) is 4.57 Å². The molecule has 0 atom stereocenters. The number of nitrogens with zero attached hydrogens (tertiary/aromatic N) is 1. The molecule has 3 heteroatoms. The molecule has 1 nitrogen and oxygen atoms in total. The Morgan fingerprint density at radius 1 is 0.654 bits per heavy atom. The summed E-state index contributed by atoms with van der Waals surface area (Å²) in [5.74, 6) is 6.78. The van der Waals surface area contributed by atoms with E-state index in [9.17, 15) is 0 Å². The van der Waals surface area contributed by atoms with Crippen LogP contribution in [0.25, 0.3) is 21.8 Å². The van der Waals surface area contributed by atoms with Gasteiger partial charge in [-0.25, -0.2) is 0 Å². The fraction of sp³-hybridized carbons (Fsp3) is 0.304. The molecule has 0 spiro atoms. The Balaban J connectivity index is 2.19. The average Bonchev–Trinajstić information content (AvgIpc) is 2.82. The van der Waals surface area contributed by atoms with Crippen LogP contribution in [0.15, 0.2) is 36.4 Å². The predicted octanol–water partition coefficient (Wildman–Crippen LogP) is 5.79. The topological polar surface area (TPSA) is 4.93 Å². The van der Waals surface area contributed by atoms with Gasteiger partial charge < -0.3 is 4.57 Å². The van der Waals surface area contributed by atoms with Crippen LogP contribution in [-0.2, 0) is 7.05 Å². The molecule has 0 radical (unpaired) electrons. The highest BCUT2D eigenvalue weighted by Crippen LogP contribution is 2.29. The van der Waals surface area contributed by atoms with Crippen LogP contribution in [0.3, 0.4) is 0 Å². The first-order chi connectivity index (χ1) is 12.0. The lowest BCUT2D eigenvalue weighted by Gasteiger charge is -2.03. The molecule has 2 aromatic carbocycles. The molecule has 0 aliphatic carbocycles. The molecule has 0 amide bonds. The first-order valence-corrected chi connectivity index (χ1v) is 16.1. The lowest BCUT2D eigenvalue weighted by atomic mass is 10.1. The Morgan fingerprint density at radius 2 is 1.04 bits per heavy atom. The van der Waals surface area contributed by atoms with E-state index in [2.05, 4.69) is 110 Å². The van der Waals surface area contributed by atoms with Crippen molar-refractivity contribution in [3.05, 3.63) is 47.5 Å². The summed E-state index contributed by atoms with van der Waals surface area (Å²) in [6.45, 7) is 13.7. The summed E-state index contributed by atoms with van der Waals surface area (Å²) in [4.78, 5) is 0. The largest absolute Gasteiger partial charge is 0.344 e. The van der Waals surface area contributed by atoms with Gasteiger partial charge in [0.15, 0.2) is 0 Å². The van der Waals surface area contributed by atoms with Crippen molar-refractivity contribution in [2.75, 3.05) is 0 Å². The Morgan fingerprint density at radius 3 is 1.38 bits per heavy atom. The van der Waals surface area contributed by atoms with Gasteiger partial charge in [-0.3, -0.25) is 0 Å². The number of benzene rings is 2. The highest BCUT2D eigenvalue weighted by molar-refractivity contribution is 6.84. The number of aryl methyl sites for hydroxylation is 1. The summed E-state index contributed by atoms with van der Waals surface area (Å²) in [6, 6.07) is 13.1. The SMILES string of the molecule is Cn1c2ccc(C#C[Si](C)(C)C)cc2c2cc(C#C[Si](C)(C)C)ccc21. The van der Waals surface area contributed by atoms with Gasteiger partial charge in [-0.2, -0.15) is 0 Å². The van der Waals surface area contributed by atoms with E-state index in [1.165, 1.54) is 21.8 Å². The molecule has 26 heavy (non-hydrogen) atoms. The van der Waals surface area contributed by atoms with Crippen molar-refractivity contribution in [3.8, 4) is 22.9 Å². The van der Waals surface area contributed by atoms with Gasteiger partial charge in [0.1, 0.15) is 16.1 Å². The van der Waals surface area contributed by atoms with E-state index in [4.69, 9.17) is 0 Å². The van der Waals surface area contributed by atoms with Crippen LogP contribution >= 0.6 is 0 Å². The van der Waals surface area contributed by atoms with Crippen molar-refractivity contribution < 1.29 is 0 Å². The third-order valence-electron chi connectivity index (χ3n) is 4.17. The molecule has 132 valence electrons. The Labute approximate surface area is 159 Å². The monoisotopic (exact) mass is 373 g/mol. The lowest BCUT2D eigenvalue weighted by Crippen LogP contribution is -2.16. The molecular formula is C23H27NSi2. The molecule has 3 aromatic rings. The van der Waals surface area contributed by atoms with Crippen LogP contribution in [0, 0.1) is 22.9 Å². The van der Waals surface area contributed by atoms with E-state index in [0.29, 0.717) is 0 Å². The van der Waals surface area contributed by atoms with Gasteiger partial charge in [0.2, 0.25) is 0 Å². The second-order valence-corrected chi connectivity index (χ2v) is 18.5. The van der Waals surface area contributed by atoms with Crippen molar-refractivity contribution in [1.29, 1.82) is 0 Å². The summed E-state index contributed by atoms with van der Waals surface area (Å²) in [5.41, 5.74) is 11.6. The molecule has 0 unspecified atom stereocenters. The summed E-state index contributed by atoms with van der Waals surface area (Å²) in [6.07, 6.45) is 0. The fourth-order valence-electron chi connectivity index (χ4n) is 2.89. The van der Waals surface area contributed by atoms with Gasteiger partial charge in [0.05, 0.1) is 0 Å². The zero-order chi connectivity index (χ0) is 19.1. The van der Waals surface area contributed by atoms with E-state index < -0.39 is 16.1 Å². The minimum atomic E-state index is -1.37. The van der Waals surface area contributed by atoms with Crippen LogP contribution in [0.4, 0.5) is 0 Å². The van der Waals surface area contributed by atoms with Gasteiger partial charge in [-0.05, 0) is 36.4 Å². The molecule has 0 aliphatic heterocycles. The number of aromatic nitrogens is 1. The smallest absolute Gasteiger partial charge is 0.129 e. The van der Waals surface area contributed by atoms with Gasteiger partial charge in [0.25, 0.3) is 0 Å². The van der Waals surface area contributed by atoms with Crippen molar-refractivity contribution >= 4 is 38.0 Å². The highest BCUT2D eigenvalue weighted by atomic mass is 28.3. The second-order valence-electron chi connectivity index (χ2n) is 9.02. The van der Waals surface area contributed by atoms with Crippen molar-refractivity contribution in [2.24, 2.45) is 7.05 Å². The maximum absolute atomic E-state index is 3.47. The van der Waals surface area contributed by atoms with Crippen LogP contribution in [-0.4, -0.2) is 20.7 Å². The van der Waals surface area contributed by atoms with Crippen molar-refractivity contribution in [3.63, 3.8) is 0 Å². The summed E-state index contributed by atoms with van der Waals surface area (Å²) in [5, 5.41) is 2.53. The quantitative estimate of drug-likeness (QED) is 0.347. The minimum Gasteiger partial charge on any atom is -0.344 e. The minimum absolute atomic E-state index is 1.10. The Hall–Kier alpha value is -2.21. The third-order valence-corrected chi connectivity index (χ3v) is 5.92. The highest BCUT2D eigenvalue weighted by Gasteiger charge is 2.11. The number of fused-ring (bicyclic) bond motifs is 3. The van der Waals surface area contributed by atoms with E-state index in [0.717, 1.165) is 11.1 Å². The molecule has 0 saturated carbocycles. The van der Waals surface area contributed by atoms with E-state index in [-0.39, 0.29) is 0 Å². The summed E-state index contributed by atoms with van der Waals surface area (Å²) >= 11 is 0. The molecular weight excluding hydrogens is 346 g/mol. The number of hydrogen-bond donors (Lipinski definition) is 0. The van der Waals surface area contributed by atoms with Gasteiger partial charge in [-0.1, -0.05) is 51.1 Å². The van der Waals surface area contributed by atoms with Crippen LogP contribution in [0.5, 0.6) is 0 Å². The molecule has 0 saturated heterocycles. The lowest BCUT2D eigenvalue weighted by molar-refractivity contribution is 1.01. The summed E-state index contributed by atoms with van der Waals surface area (Å²) in [7, 11) is -0.618. The fourth-order valence-corrected chi connectivity index (χ4v) is 3.93. The Kier molecular flexibility index (Phi) is 4.65. The zero-order valence-corrected chi connectivity index (χ0v) is 18.9. The maximum Gasteiger partial charge on any atom is 0.129 e. The first-order valence-electron chi connectivity index (χ1n) is 9.12. The van der Waals surface area contributed by atoms with Gasteiger partial charge >= 0.3 is 0 Å². The van der Waals surface area contributed by atoms with E-state index >= 15 is 0 Å². The van der Waals surface area contributed by atoms with Gasteiger partial charge in [0, 0.05) is 40.0 Å². The molecule has 1 heterocycles. The van der Waals surface area contributed by atoms with E-state index in [1.807, 2.05) is 0 Å². The van der Waals surface area contributed by atoms with Crippen molar-refractivity contribution in [2.45, 2.75) is 39.3 Å². The summed E-state index contributed by atoms with van der Waals surface area (Å²) < 4.78 is 2.26. The second kappa shape index (κ2) is 6.51. The zero-order valence-electron chi connectivity index (χ0n) is 16.9. The molecule has 3 rings (SSSR count). The average molecular weight is 374 g/mol. The third kappa shape index (κ3) is 4.13. The van der Waals surface area contributed by atoms with E-state index in [1.54, 1.807) is 0 Å². The molecule has 0 fully saturated rings. The molecule has 1 aromatic heterocycles. The molecule has 0 N–H and O–H groups in total. The normalized spacial score (nSPS) is 11.8. The van der Waals surface area contributed by atoms with Gasteiger partial charge in [-0.15, -0.1) is 11.1 Å². The van der Waals surface area contributed by atoms with Crippen LogP contribution < -0.4 is 0 Å². The molecule has 0 bridgehead atoms. The van der Waals surface area contributed by atoms with Crippen LogP contribution in [0.2, 0.25) is 39.3 Å². The molecule has 0 aliphatic rings. The maximum atomic E-state index is 3.47. The van der Waals surface area contributed by atoms with Crippen LogP contribution in [0.1, 0.15) is 11.1 Å². The number of hydrogen-bond acceptors (Lipinski definition) is 0. The number of rotatable bonds is 0. The Bertz CT molecular complexity index is 1030. The standard InChI is InChI=1S/C23H27NSi2/c1-24-22-10-8-18(12-14-25(2,3)4)16-20(22)21-17-19(9-11-23(21)24)13-15-26(5,6)7/h8-11,16-17H,1-7H3. The predicted molar refractivity (Wildman–Crippen MR) is 121 cm³/mol.